The molecule has 1 amide bonds. The second-order valence-electron chi connectivity index (χ2n) is 6.79. The van der Waals surface area contributed by atoms with E-state index in [0.717, 1.165) is 45.6 Å². The van der Waals surface area contributed by atoms with Crippen molar-refractivity contribution >= 4 is 45.3 Å². The number of aryl methyl sites for hydroxylation is 1. The minimum Gasteiger partial charge on any atom is -0.351 e. The molecule has 0 unspecified atom stereocenters. The Morgan fingerprint density at radius 1 is 1.22 bits per heavy atom. The van der Waals surface area contributed by atoms with Crippen molar-refractivity contribution in [2.45, 2.75) is 18.4 Å². The van der Waals surface area contributed by atoms with E-state index in [4.69, 9.17) is 0 Å². The summed E-state index contributed by atoms with van der Waals surface area (Å²) in [6.45, 7) is 2.82. The number of hydrogen-bond donors (Lipinski definition) is 1. The van der Waals surface area contributed by atoms with Gasteiger partial charge in [-0.25, -0.2) is 9.97 Å². The topological polar surface area (TPSA) is 61.9 Å². The molecule has 4 aromatic rings. The van der Waals surface area contributed by atoms with E-state index in [2.05, 4.69) is 46.1 Å². The van der Waals surface area contributed by atoms with Crippen LogP contribution in [0, 0.1) is 6.92 Å². The highest BCUT2D eigenvalue weighted by Crippen LogP contribution is 2.32. The molecule has 0 aliphatic carbocycles. The summed E-state index contributed by atoms with van der Waals surface area (Å²) < 4.78 is 0. The molecule has 27 heavy (non-hydrogen) atoms. The van der Waals surface area contributed by atoms with Crippen LogP contribution in [0.2, 0.25) is 0 Å². The zero-order valence-corrected chi connectivity index (χ0v) is 15.7. The molecule has 5 nitrogen and oxygen atoms in total. The number of para-hydroxylation sites is 1. The monoisotopic (exact) mass is 374 g/mol. The Labute approximate surface area is 160 Å². The number of H-pyrrole nitrogens is 1. The number of nitrogens with one attached hydrogen (secondary N) is 1. The zero-order chi connectivity index (χ0) is 18.4. The molecule has 5 rings (SSSR count). The minimum absolute atomic E-state index is 0.115. The van der Waals surface area contributed by atoms with Crippen LogP contribution in [0.5, 0.6) is 0 Å². The molecule has 134 valence electrons. The van der Waals surface area contributed by atoms with Crippen molar-refractivity contribution in [3.63, 3.8) is 0 Å². The number of aromatic amines is 1. The van der Waals surface area contributed by atoms with Gasteiger partial charge in [0.25, 0.3) is 0 Å². The van der Waals surface area contributed by atoms with Crippen LogP contribution < -0.4 is 4.90 Å². The highest BCUT2D eigenvalue weighted by molar-refractivity contribution is 8.00. The van der Waals surface area contributed by atoms with Crippen LogP contribution in [0.1, 0.15) is 11.1 Å². The van der Waals surface area contributed by atoms with E-state index in [9.17, 15) is 4.79 Å². The molecule has 1 N–H and O–H groups in total. The van der Waals surface area contributed by atoms with Crippen molar-refractivity contribution in [3.8, 4) is 0 Å². The van der Waals surface area contributed by atoms with Gasteiger partial charge in [0.15, 0.2) is 0 Å². The summed E-state index contributed by atoms with van der Waals surface area (Å²) in [5.41, 5.74) is 6.32. The van der Waals surface area contributed by atoms with E-state index in [0.29, 0.717) is 5.75 Å². The van der Waals surface area contributed by atoms with Gasteiger partial charge < -0.3 is 9.88 Å². The molecule has 1 aliphatic heterocycles. The Hall–Kier alpha value is -2.86. The van der Waals surface area contributed by atoms with E-state index in [1.165, 1.54) is 22.9 Å². The molecule has 0 saturated carbocycles. The van der Waals surface area contributed by atoms with Gasteiger partial charge in [-0.1, -0.05) is 41.6 Å². The molecule has 1 aliphatic rings. The second-order valence-corrected chi connectivity index (χ2v) is 7.75. The lowest BCUT2D eigenvalue weighted by Gasteiger charge is -2.16. The maximum atomic E-state index is 12.8. The molecule has 2 aromatic carbocycles. The van der Waals surface area contributed by atoms with Gasteiger partial charge in [-0.15, -0.1) is 0 Å². The maximum absolute atomic E-state index is 12.8. The number of carbonyl (C=O) groups excluding carboxylic acids is 1. The van der Waals surface area contributed by atoms with Gasteiger partial charge in [-0.3, -0.25) is 4.79 Å². The fourth-order valence-corrected chi connectivity index (χ4v) is 4.53. The standard InChI is InChI=1S/C21H18N4OS/c1-13-6-7-16-15(10-13)19-20(24-16)21(23-12-22-19)27-11-18(26)25-9-8-14-4-2-3-5-17(14)25/h2-7,10,12,24H,8-9,11H2,1H3. The molecular formula is C21H18N4OS. The fraction of sp³-hybridized carbons (Fsp3) is 0.190. The summed E-state index contributed by atoms with van der Waals surface area (Å²) in [5, 5.41) is 1.91. The number of benzene rings is 2. The van der Waals surface area contributed by atoms with Crippen LogP contribution >= 0.6 is 11.8 Å². The minimum atomic E-state index is 0.115. The first kappa shape index (κ1) is 16.3. The lowest BCUT2D eigenvalue weighted by molar-refractivity contribution is -0.116. The van der Waals surface area contributed by atoms with Crippen LogP contribution in [0.15, 0.2) is 53.8 Å². The van der Waals surface area contributed by atoms with E-state index in [1.807, 2.05) is 23.1 Å². The smallest absolute Gasteiger partial charge is 0.237 e. The first-order valence-corrected chi connectivity index (χ1v) is 9.93. The molecule has 0 spiro atoms. The van der Waals surface area contributed by atoms with Gasteiger partial charge in [0.2, 0.25) is 5.91 Å². The Balaban J connectivity index is 1.42. The van der Waals surface area contributed by atoms with Gasteiger partial charge in [-0.2, -0.15) is 0 Å². The molecule has 0 bridgehead atoms. The Morgan fingerprint density at radius 2 is 2.11 bits per heavy atom. The highest BCUT2D eigenvalue weighted by atomic mass is 32.2. The predicted octanol–water partition coefficient (Wildman–Crippen LogP) is 4.10. The van der Waals surface area contributed by atoms with E-state index < -0.39 is 0 Å². The molecule has 0 saturated heterocycles. The van der Waals surface area contributed by atoms with Crippen LogP contribution in [0.3, 0.4) is 0 Å². The second kappa shape index (κ2) is 6.39. The Kier molecular flexibility index (Phi) is 3.86. The first-order chi connectivity index (χ1) is 13.2. The van der Waals surface area contributed by atoms with E-state index in [-0.39, 0.29) is 5.91 Å². The molecule has 6 heteroatoms. The maximum Gasteiger partial charge on any atom is 0.237 e. The molecule has 0 atom stereocenters. The quantitative estimate of drug-likeness (QED) is 0.433. The molecular weight excluding hydrogens is 356 g/mol. The number of anilines is 1. The Morgan fingerprint density at radius 3 is 3.04 bits per heavy atom. The van der Waals surface area contributed by atoms with Crippen molar-refractivity contribution in [3.05, 3.63) is 59.9 Å². The number of carbonyl (C=O) groups is 1. The van der Waals surface area contributed by atoms with Gasteiger partial charge in [0, 0.05) is 23.1 Å². The van der Waals surface area contributed by atoms with Gasteiger partial charge in [-0.05, 0) is 37.1 Å². The van der Waals surface area contributed by atoms with Crippen LogP contribution in [-0.4, -0.2) is 33.2 Å². The SMILES string of the molecule is Cc1ccc2[nH]c3c(SCC(=O)N4CCc5ccccc54)ncnc3c2c1. The summed E-state index contributed by atoms with van der Waals surface area (Å²) in [7, 11) is 0. The van der Waals surface area contributed by atoms with Crippen molar-refractivity contribution in [1.82, 2.24) is 15.0 Å². The van der Waals surface area contributed by atoms with Crippen molar-refractivity contribution < 1.29 is 4.79 Å². The van der Waals surface area contributed by atoms with Gasteiger partial charge in [0.1, 0.15) is 16.9 Å². The molecule has 2 aromatic heterocycles. The fourth-order valence-electron chi connectivity index (χ4n) is 3.70. The number of amides is 1. The number of aromatic nitrogens is 3. The van der Waals surface area contributed by atoms with Gasteiger partial charge in [0.05, 0.1) is 11.3 Å². The number of fused-ring (bicyclic) bond motifs is 4. The average molecular weight is 374 g/mol. The number of thioether (sulfide) groups is 1. The third kappa shape index (κ3) is 2.77. The van der Waals surface area contributed by atoms with E-state index >= 15 is 0 Å². The summed E-state index contributed by atoms with van der Waals surface area (Å²) in [4.78, 5) is 27.0. The Bertz CT molecular complexity index is 1180. The third-order valence-corrected chi connectivity index (χ3v) is 6.00. The average Bonchev–Trinajstić information content (AvgIpc) is 3.28. The number of rotatable bonds is 3. The highest BCUT2D eigenvalue weighted by Gasteiger charge is 2.24. The van der Waals surface area contributed by atoms with Crippen LogP contribution in [0.4, 0.5) is 5.69 Å². The number of nitrogens with zero attached hydrogens (tertiary/aromatic N) is 3. The van der Waals surface area contributed by atoms with Crippen molar-refractivity contribution in [2.24, 2.45) is 0 Å². The van der Waals surface area contributed by atoms with Crippen molar-refractivity contribution in [2.75, 3.05) is 17.2 Å². The summed E-state index contributed by atoms with van der Waals surface area (Å²) in [5.74, 6) is 0.470. The molecule has 3 heterocycles. The normalized spacial score (nSPS) is 13.4. The third-order valence-electron chi connectivity index (χ3n) is 5.02. The van der Waals surface area contributed by atoms with Crippen molar-refractivity contribution in [1.29, 1.82) is 0 Å². The summed E-state index contributed by atoms with van der Waals surface area (Å²) >= 11 is 1.47. The predicted molar refractivity (Wildman–Crippen MR) is 109 cm³/mol. The molecule has 0 fully saturated rings. The largest absolute Gasteiger partial charge is 0.351 e. The van der Waals surface area contributed by atoms with Gasteiger partial charge >= 0.3 is 0 Å². The first-order valence-electron chi connectivity index (χ1n) is 8.95. The summed E-state index contributed by atoms with van der Waals surface area (Å²) in [6.07, 6.45) is 2.50. The van der Waals surface area contributed by atoms with Crippen LogP contribution in [-0.2, 0) is 11.2 Å². The lowest BCUT2D eigenvalue weighted by atomic mass is 10.2. The summed E-state index contributed by atoms with van der Waals surface area (Å²) in [6, 6.07) is 14.4. The van der Waals surface area contributed by atoms with E-state index in [1.54, 1.807) is 6.33 Å². The zero-order valence-electron chi connectivity index (χ0n) is 14.9. The number of hydrogen-bond acceptors (Lipinski definition) is 4. The molecule has 0 radical (unpaired) electrons. The van der Waals surface area contributed by atoms with Crippen LogP contribution in [0.25, 0.3) is 21.9 Å². The lowest BCUT2D eigenvalue weighted by Crippen LogP contribution is -2.30.